The van der Waals surface area contributed by atoms with Crippen LogP contribution in [0.15, 0.2) is 36.4 Å². The van der Waals surface area contributed by atoms with E-state index in [0.717, 1.165) is 23.6 Å². The normalized spacial score (nSPS) is 11.9. The fourth-order valence-corrected chi connectivity index (χ4v) is 2.56. The van der Waals surface area contributed by atoms with Gasteiger partial charge >= 0.3 is 5.97 Å². The van der Waals surface area contributed by atoms with Crippen molar-refractivity contribution >= 4 is 28.3 Å². The Morgan fingerprint density at radius 1 is 1.17 bits per heavy atom. The van der Waals surface area contributed by atoms with Crippen molar-refractivity contribution in [3.8, 4) is 0 Å². The first-order chi connectivity index (χ1) is 11.1. The standard InChI is InChI=1S/C18H22N2O3/c1-3-4-9-16(18(22)23-2)20-17(21)14-10-11-15(19)13-8-6-5-7-12(13)14/h5-8,10-11,16H,3-4,9,19H2,1-2H3,(H,20,21)/t16-/m0/s1. The lowest BCUT2D eigenvalue weighted by atomic mass is 10.0. The predicted molar refractivity (Wildman–Crippen MR) is 91.2 cm³/mol. The van der Waals surface area contributed by atoms with Gasteiger partial charge in [0, 0.05) is 16.6 Å². The fourth-order valence-electron chi connectivity index (χ4n) is 2.56. The number of carbonyl (C=O) groups is 2. The highest BCUT2D eigenvalue weighted by Crippen LogP contribution is 2.24. The number of amides is 1. The molecule has 0 aliphatic rings. The fraction of sp³-hybridized carbons (Fsp3) is 0.333. The van der Waals surface area contributed by atoms with Crippen LogP contribution in [-0.4, -0.2) is 25.0 Å². The van der Waals surface area contributed by atoms with Crippen LogP contribution >= 0.6 is 0 Å². The number of nitrogen functional groups attached to an aromatic ring is 1. The molecule has 0 saturated heterocycles. The number of esters is 1. The summed E-state index contributed by atoms with van der Waals surface area (Å²) in [6, 6.07) is 10.2. The monoisotopic (exact) mass is 314 g/mol. The molecule has 0 heterocycles. The van der Waals surface area contributed by atoms with Crippen LogP contribution in [0, 0.1) is 0 Å². The summed E-state index contributed by atoms with van der Waals surface area (Å²) in [4.78, 5) is 24.4. The Morgan fingerprint density at radius 2 is 1.87 bits per heavy atom. The van der Waals surface area contributed by atoms with Gasteiger partial charge in [-0.1, -0.05) is 44.0 Å². The third kappa shape index (κ3) is 3.80. The number of methoxy groups -OCH3 is 1. The van der Waals surface area contributed by atoms with Crippen LogP contribution in [0.3, 0.4) is 0 Å². The minimum Gasteiger partial charge on any atom is -0.467 e. The van der Waals surface area contributed by atoms with Gasteiger partial charge in [-0.25, -0.2) is 4.79 Å². The summed E-state index contributed by atoms with van der Waals surface area (Å²) in [5, 5.41) is 4.37. The highest BCUT2D eigenvalue weighted by molar-refractivity contribution is 6.10. The number of anilines is 1. The predicted octanol–water partition coefficient (Wildman–Crippen LogP) is 2.88. The smallest absolute Gasteiger partial charge is 0.328 e. The first-order valence-electron chi connectivity index (χ1n) is 7.74. The van der Waals surface area contributed by atoms with Crippen molar-refractivity contribution < 1.29 is 14.3 Å². The molecule has 3 N–H and O–H groups in total. The maximum atomic E-state index is 12.6. The van der Waals surface area contributed by atoms with Gasteiger partial charge in [-0.15, -0.1) is 0 Å². The second kappa shape index (κ2) is 7.63. The summed E-state index contributed by atoms with van der Waals surface area (Å²) in [7, 11) is 1.33. The third-order valence-electron chi connectivity index (χ3n) is 3.84. The highest BCUT2D eigenvalue weighted by Gasteiger charge is 2.22. The molecule has 0 aromatic heterocycles. The SMILES string of the molecule is CCCC[C@H](NC(=O)c1ccc(N)c2ccccc12)C(=O)OC. The first-order valence-corrected chi connectivity index (χ1v) is 7.74. The van der Waals surface area contributed by atoms with Gasteiger partial charge in [0.05, 0.1) is 7.11 Å². The second-order valence-electron chi connectivity index (χ2n) is 5.44. The van der Waals surface area contributed by atoms with Crippen molar-refractivity contribution in [3.63, 3.8) is 0 Å². The van der Waals surface area contributed by atoms with Crippen LogP contribution in [0.25, 0.3) is 10.8 Å². The van der Waals surface area contributed by atoms with Gasteiger partial charge in [0.1, 0.15) is 6.04 Å². The van der Waals surface area contributed by atoms with E-state index in [1.165, 1.54) is 7.11 Å². The number of nitrogens with one attached hydrogen (secondary N) is 1. The number of hydrogen-bond acceptors (Lipinski definition) is 4. The van der Waals surface area contributed by atoms with Gasteiger partial charge < -0.3 is 15.8 Å². The summed E-state index contributed by atoms with van der Waals surface area (Å²) in [6.45, 7) is 2.03. The van der Waals surface area contributed by atoms with E-state index >= 15 is 0 Å². The second-order valence-corrected chi connectivity index (χ2v) is 5.44. The Labute approximate surface area is 135 Å². The molecular weight excluding hydrogens is 292 g/mol. The lowest BCUT2D eigenvalue weighted by Gasteiger charge is -2.17. The van der Waals surface area contributed by atoms with E-state index in [0.29, 0.717) is 17.7 Å². The quantitative estimate of drug-likeness (QED) is 0.634. The summed E-state index contributed by atoms with van der Waals surface area (Å²) in [5.74, 6) is -0.723. The van der Waals surface area contributed by atoms with E-state index in [2.05, 4.69) is 5.32 Å². The molecule has 0 bridgehead atoms. The van der Waals surface area contributed by atoms with E-state index in [9.17, 15) is 9.59 Å². The average molecular weight is 314 g/mol. The number of carbonyl (C=O) groups excluding carboxylic acids is 2. The van der Waals surface area contributed by atoms with Crippen LogP contribution in [0.4, 0.5) is 5.69 Å². The molecule has 1 amide bonds. The zero-order valence-corrected chi connectivity index (χ0v) is 13.5. The molecule has 0 aliphatic carbocycles. The van der Waals surface area contributed by atoms with E-state index in [1.54, 1.807) is 12.1 Å². The van der Waals surface area contributed by atoms with Crippen LogP contribution in [0.1, 0.15) is 36.5 Å². The molecule has 0 fully saturated rings. The van der Waals surface area contributed by atoms with Crippen molar-refractivity contribution in [1.82, 2.24) is 5.32 Å². The zero-order valence-electron chi connectivity index (χ0n) is 13.5. The number of rotatable bonds is 6. The topological polar surface area (TPSA) is 81.4 Å². The molecule has 0 radical (unpaired) electrons. The molecule has 2 rings (SSSR count). The lowest BCUT2D eigenvalue weighted by molar-refractivity contribution is -0.143. The van der Waals surface area contributed by atoms with Crippen molar-refractivity contribution in [2.45, 2.75) is 32.2 Å². The summed E-state index contributed by atoms with van der Waals surface area (Å²) in [6.07, 6.45) is 2.33. The number of unbranched alkanes of at least 4 members (excludes halogenated alkanes) is 1. The summed E-state index contributed by atoms with van der Waals surface area (Å²) >= 11 is 0. The third-order valence-corrected chi connectivity index (χ3v) is 3.84. The largest absolute Gasteiger partial charge is 0.467 e. The Balaban J connectivity index is 2.29. The van der Waals surface area contributed by atoms with E-state index in [-0.39, 0.29) is 5.91 Å². The van der Waals surface area contributed by atoms with Gasteiger partial charge in [0.15, 0.2) is 0 Å². The van der Waals surface area contributed by atoms with E-state index < -0.39 is 12.0 Å². The number of hydrogen-bond donors (Lipinski definition) is 2. The summed E-state index contributed by atoms with van der Waals surface area (Å²) in [5.41, 5.74) is 7.07. The van der Waals surface area contributed by atoms with Crippen LogP contribution in [0.2, 0.25) is 0 Å². The van der Waals surface area contributed by atoms with Gasteiger partial charge in [-0.2, -0.15) is 0 Å². The Morgan fingerprint density at radius 3 is 2.52 bits per heavy atom. The number of fused-ring (bicyclic) bond motifs is 1. The zero-order chi connectivity index (χ0) is 16.8. The minimum absolute atomic E-state index is 0.298. The molecule has 122 valence electrons. The van der Waals surface area contributed by atoms with Gasteiger partial charge in [0.2, 0.25) is 0 Å². The Hall–Kier alpha value is -2.56. The first kappa shape index (κ1) is 16.8. The Kier molecular flexibility index (Phi) is 5.57. The number of benzene rings is 2. The molecule has 5 nitrogen and oxygen atoms in total. The molecule has 23 heavy (non-hydrogen) atoms. The highest BCUT2D eigenvalue weighted by atomic mass is 16.5. The molecule has 0 saturated carbocycles. The summed E-state index contributed by atoms with van der Waals surface area (Å²) < 4.78 is 4.78. The molecule has 0 spiro atoms. The molecule has 2 aromatic carbocycles. The van der Waals surface area contributed by atoms with E-state index in [1.807, 2.05) is 31.2 Å². The van der Waals surface area contributed by atoms with Crippen LogP contribution < -0.4 is 11.1 Å². The number of ether oxygens (including phenoxy) is 1. The van der Waals surface area contributed by atoms with Gasteiger partial charge in [-0.05, 0) is 23.9 Å². The van der Waals surface area contributed by atoms with Crippen molar-refractivity contribution in [2.75, 3.05) is 12.8 Å². The molecule has 1 atom stereocenters. The molecular formula is C18H22N2O3. The maximum absolute atomic E-state index is 12.6. The molecule has 0 aliphatic heterocycles. The van der Waals surface area contributed by atoms with Crippen molar-refractivity contribution in [3.05, 3.63) is 42.0 Å². The van der Waals surface area contributed by atoms with Crippen LogP contribution in [-0.2, 0) is 9.53 Å². The van der Waals surface area contributed by atoms with E-state index in [4.69, 9.17) is 10.5 Å². The molecule has 5 heteroatoms. The maximum Gasteiger partial charge on any atom is 0.328 e. The van der Waals surface area contributed by atoms with Crippen molar-refractivity contribution in [1.29, 1.82) is 0 Å². The number of nitrogens with two attached hydrogens (primary N) is 1. The van der Waals surface area contributed by atoms with Gasteiger partial charge in [0.25, 0.3) is 5.91 Å². The lowest BCUT2D eigenvalue weighted by Crippen LogP contribution is -2.41. The molecule has 2 aromatic rings. The molecule has 0 unspecified atom stereocenters. The Bertz CT molecular complexity index is 712. The minimum atomic E-state index is -0.635. The van der Waals surface area contributed by atoms with Crippen LogP contribution in [0.5, 0.6) is 0 Å². The van der Waals surface area contributed by atoms with Crippen molar-refractivity contribution in [2.24, 2.45) is 0 Å². The average Bonchev–Trinajstić information content (AvgIpc) is 2.58. The van der Waals surface area contributed by atoms with Gasteiger partial charge in [-0.3, -0.25) is 4.79 Å².